The minimum Gasteiger partial charge on any atom is -0.481 e. The molecule has 1 aliphatic rings. The molecule has 0 saturated carbocycles. The van der Waals surface area contributed by atoms with Crippen LogP contribution in [0.4, 0.5) is 0 Å². The van der Waals surface area contributed by atoms with Gasteiger partial charge in [-0.3, -0.25) is 14.4 Å². The molecular formula is C23H23N5O2S. The average molecular weight is 434 g/mol. The molecule has 3 aromatic rings. The van der Waals surface area contributed by atoms with Crippen LogP contribution >= 0.6 is 11.3 Å². The maximum absolute atomic E-state index is 11.6. The number of benzene rings is 1. The first-order valence-electron chi connectivity index (χ1n) is 10.0. The molecule has 8 heteroatoms. The van der Waals surface area contributed by atoms with E-state index >= 15 is 0 Å². The van der Waals surface area contributed by atoms with Crippen molar-refractivity contribution >= 4 is 23.0 Å². The minimum atomic E-state index is -0.921. The Morgan fingerprint density at radius 3 is 2.65 bits per heavy atom. The van der Waals surface area contributed by atoms with Gasteiger partial charge < -0.3 is 10.8 Å². The summed E-state index contributed by atoms with van der Waals surface area (Å²) in [4.78, 5) is 17.7. The molecule has 1 atom stereocenters. The maximum atomic E-state index is 11.6. The lowest BCUT2D eigenvalue weighted by molar-refractivity contribution is -0.137. The molecule has 2 aromatic heterocycles. The lowest BCUT2D eigenvalue weighted by Crippen LogP contribution is -2.10. The molecule has 31 heavy (non-hydrogen) atoms. The number of hydrogen-bond acceptors (Lipinski definition) is 6. The molecule has 0 saturated heterocycles. The highest BCUT2D eigenvalue weighted by Crippen LogP contribution is 2.39. The Balaban J connectivity index is 1.87. The normalized spacial score (nSPS) is 14.7. The van der Waals surface area contributed by atoms with Crippen LogP contribution in [-0.2, 0) is 11.2 Å². The Morgan fingerprint density at radius 1 is 1.23 bits per heavy atom. The molecule has 0 spiro atoms. The summed E-state index contributed by atoms with van der Waals surface area (Å²) in [6.07, 6.45) is 1.38. The summed E-state index contributed by atoms with van der Waals surface area (Å²) in [7, 11) is 0. The van der Waals surface area contributed by atoms with Crippen molar-refractivity contribution < 1.29 is 9.90 Å². The van der Waals surface area contributed by atoms with Gasteiger partial charge in [0.25, 0.3) is 0 Å². The van der Waals surface area contributed by atoms with Crippen LogP contribution in [0.2, 0.25) is 0 Å². The van der Waals surface area contributed by atoms with Gasteiger partial charge in [-0.25, -0.2) is 0 Å². The second-order valence-electron chi connectivity index (χ2n) is 7.51. The summed E-state index contributed by atoms with van der Waals surface area (Å²) < 4.78 is 1.96. The van der Waals surface area contributed by atoms with Gasteiger partial charge in [0, 0.05) is 28.5 Å². The predicted octanol–water partition coefficient (Wildman–Crippen LogP) is 3.47. The van der Waals surface area contributed by atoms with Crippen molar-refractivity contribution in [1.29, 1.82) is 0 Å². The first kappa shape index (κ1) is 20.8. The Hall–Kier alpha value is -3.44. The number of nitrogens with two attached hydrogens (primary N) is 1. The molecular weight excluding hydrogens is 410 g/mol. The zero-order valence-corrected chi connectivity index (χ0v) is 18.5. The van der Waals surface area contributed by atoms with Crippen molar-refractivity contribution in [1.82, 2.24) is 14.8 Å². The van der Waals surface area contributed by atoms with Crippen molar-refractivity contribution in [2.24, 2.45) is 10.7 Å². The second kappa shape index (κ2) is 8.36. The zero-order valence-electron chi connectivity index (χ0n) is 17.6. The van der Waals surface area contributed by atoms with Crippen molar-refractivity contribution in [3.8, 4) is 17.0 Å². The van der Waals surface area contributed by atoms with Gasteiger partial charge in [-0.05, 0) is 38.3 Å². The van der Waals surface area contributed by atoms with E-state index in [9.17, 15) is 9.90 Å². The topological polar surface area (TPSA) is 106 Å². The molecule has 0 bridgehead atoms. The lowest BCUT2D eigenvalue weighted by atomic mass is 9.98. The quantitative estimate of drug-likeness (QED) is 0.473. The molecule has 1 aromatic carbocycles. The summed E-state index contributed by atoms with van der Waals surface area (Å²) in [5.74, 6) is 3.24. The molecule has 158 valence electrons. The largest absolute Gasteiger partial charge is 0.481 e. The van der Waals surface area contributed by atoms with E-state index in [1.807, 2.05) is 23.6 Å². The van der Waals surface area contributed by atoms with Gasteiger partial charge in [0.1, 0.15) is 16.9 Å². The molecule has 0 radical (unpaired) electrons. The number of fused-ring (bicyclic) bond motifs is 3. The summed E-state index contributed by atoms with van der Waals surface area (Å²) in [5.41, 5.74) is 10.3. The number of carboxylic acid groups (broad SMARTS) is 1. The number of hydrogen-bond donors (Lipinski definition) is 2. The lowest BCUT2D eigenvalue weighted by Gasteiger charge is -2.11. The van der Waals surface area contributed by atoms with Crippen LogP contribution in [0.15, 0.2) is 29.3 Å². The van der Waals surface area contributed by atoms with E-state index in [1.165, 1.54) is 4.88 Å². The van der Waals surface area contributed by atoms with Gasteiger partial charge >= 0.3 is 5.97 Å². The van der Waals surface area contributed by atoms with Crippen LogP contribution in [0.1, 0.15) is 57.7 Å². The van der Waals surface area contributed by atoms with E-state index < -0.39 is 12.0 Å². The molecule has 3 heterocycles. The van der Waals surface area contributed by atoms with Crippen LogP contribution < -0.4 is 5.73 Å². The Labute approximate surface area is 184 Å². The van der Waals surface area contributed by atoms with Crippen molar-refractivity contribution in [3.63, 3.8) is 0 Å². The van der Waals surface area contributed by atoms with Gasteiger partial charge in [0.15, 0.2) is 5.82 Å². The van der Waals surface area contributed by atoms with Crippen LogP contribution in [0, 0.1) is 32.7 Å². The number of thiophene rings is 1. The van der Waals surface area contributed by atoms with Gasteiger partial charge in [-0.15, -0.1) is 21.5 Å². The second-order valence-corrected chi connectivity index (χ2v) is 8.72. The first-order chi connectivity index (χ1) is 14.9. The summed E-state index contributed by atoms with van der Waals surface area (Å²) in [6, 6.07) is 10.0. The molecule has 1 unspecified atom stereocenters. The average Bonchev–Trinajstić information content (AvgIpc) is 3.21. The Bertz CT molecular complexity index is 1240. The SMILES string of the molecule is Cc1sc2c(c1C)C(c1ccc(CCC#CN)cc1)=NC(CC(=O)O)c1nnc(C)n1-2. The van der Waals surface area contributed by atoms with E-state index in [1.54, 1.807) is 11.3 Å². The zero-order chi connectivity index (χ0) is 22.1. The smallest absolute Gasteiger partial charge is 0.306 e. The number of aliphatic carboxylic acids is 1. The molecule has 7 nitrogen and oxygen atoms in total. The fourth-order valence-electron chi connectivity index (χ4n) is 3.80. The molecule has 0 amide bonds. The number of aryl methyl sites for hydroxylation is 3. The number of nitrogens with zero attached hydrogens (tertiary/aromatic N) is 4. The van der Waals surface area contributed by atoms with E-state index in [-0.39, 0.29) is 6.42 Å². The number of aliphatic imine (C=N–C) groups is 1. The number of aromatic nitrogens is 3. The van der Waals surface area contributed by atoms with Crippen LogP contribution in [0.3, 0.4) is 0 Å². The predicted molar refractivity (Wildman–Crippen MR) is 121 cm³/mol. The highest BCUT2D eigenvalue weighted by molar-refractivity contribution is 7.15. The van der Waals surface area contributed by atoms with Gasteiger partial charge in [-0.2, -0.15) is 0 Å². The number of carbonyl (C=O) groups is 1. The molecule has 4 rings (SSSR count). The fourth-order valence-corrected chi connectivity index (χ4v) is 5.01. The third kappa shape index (κ3) is 3.84. The summed E-state index contributed by atoms with van der Waals surface area (Å²) in [6.45, 7) is 6.05. The van der Waals surface area contributed by atoms with E-state index in [0.717, 1.165) is 45.2 Å². The molecule has 1 aliphatic heterocycles. The number of carboxylic acids is 1. The molecule has 0 fully saturated rings. The van der Waals surface area contributed by atoms with Gasteiger partial charge in [0.05, 0.1) is 12.1 Å². The highest BCUT2D eigenvalue weighted by atomic mass is 32.1. The van der Waals surface area contributed by atoms with E-state index in [4.69, 9.17) is 10.7 Å². The van der Waals surface area contributed by atoms with Crippen molar-refractivity contribution in [3.05, 3.63) is 63.0 Å². The summed E-state index contributed by atoms with van der Waals surface area (Å²) >= 11 is 1.66. The third-order valence-electron chi connectivity index (χ3n) is 5.48. The summed E-state index contributed by atoms with van der Waals surface area (Å²) in [5, 5.41) is 19.0. The van der Waals surface area contributed by atoms with Crippen LogP contribution in [0.5, 0.6) is 0 Å². The maximum Gasteiger partial charge on any atom is 0.306 e. The van der Waals surface area contributed by atoms with E-state index in [0.29, 0.717) is 12.2 Å². The van der Waals surface area contributed by atoms with Gasteiger partial charge in [0.2, 0.25) is 0 Å². The van der Waals surface area contributed by atoms with E-state index in [2.05, 4.69) is 48.1 Å². The Morgan fingerprint density at radius 2 is 1.97 bits per heavy atom. The number of rotatable bonds is 5. The Kier molecular flexibility index (Phi) is 5.61. The highest BCUT2D eigenvalue weighted by Gasteiger charge is 2.32. The minimum absolute atomic E-state index is 0.148. The van der Waals surface area contributed by atoms with Crippen LogP contribution in [0.25, 0.3) is 5.00 Å². The third-order valence-corrected chi connectivity index (χ3v) is 6.67. The fraction of sp³-hybridized carbons (Fsp3) is 0.304. The standard InChI is InChI=1S/C23H23N5O2S/c1-13-14(2)31-23-20(13)21(17-9-7-16(8-10-17)6-4-5-11-24)25-18(12-19(29)30)22-27-26-15(3)28(22)23/h7-10,18H,4,6,12,24H2,1-3H3,(H,29,30). The first-order valence-corrected chi connectivity index (χ1v) is 10.8. The van der Waals surface area contributed by atoms with Crippen molar-refractivity contribution in [2.45, 2.75) is 46.1 Å². The van der Waals surface area contributed by atoms with Crippen LogP contribution in [-0.4, -0.2) is 31.6 Å². The molecule has 0 aliphatic carbocycles. The van der Waals surface area contributed by atoms with Crippen molar-refractivity contribution in [2.75, 3.05) is 0 Å². The van der Waals surface area contributed by atoms with Gasteiger partial charge in [-0.1, -0.05) is 30.2 Å². The monoisotopic (exact) mass is 433 g/mol. The molecule has 3 N–H and O–H groups in total.